The van der Waals surface area contributed by atoms with Gasteiger partial charge in [0.25, 0.3) is 0 Å². The van der Waals surface area contributed by atoms with E-state index < -0.39 is 6.10 Å². The zero-order valence-corrected chi connectivity index (χ0v) is 10.0. The van der Waals surface area contributed by atoms with Crippen LogP contribution in [-0.2, 0) is 4.79 Å². The number of hydrogen-bond acceptors (Lipinski definition) is 2. The van der Waals surface area contributed by atoms with Gasteiger partial charge in [0.05, 0.1) is 0 Å². The highest BCUT2D eigenvalue weighted by molar-refractivity contribution is 5.83. The normalized spacial score (nSPS) is 19.7. The molecule has 1 N–H and O–H groups in total. The van der Waals surface area contributed by atoms with Crippen molar-refractivity contribution in [2.24, 2.45) is 11.8 Å². The number of aliphatic hydroxyl groups is 1. The molecule has 88 valence electrons. The van der Waals surface area contributed by atoms with Crippen LogP contribution in [0.5, 0.6) is 0 Å². The molecule has 2 heteroatoms. The van der Waals surface area contributed by atoms with E-state index >= 15 is 0 Å². The maximum absolute atomic E-state index is 11.8. The Bertz CT molecular complexity index is 191. The molecule has 1 fully saturated rings. The maximum Gasteiger partial charge on any atom is 0.161 e. The summed E-state index contributed by atoms with van der Waals surface area (Å²) in [6.45, 7) is 4.08. The number of Topliss-reactive ketones (excluding diaryl/α,β-unsaturated/α-hetero) is 1. The van der Waals surface area contributed by atoms with E-state index in [1.165, 1.54) is 25.7 Å². The van der Waals surface area contributed by atoms with Gasteiger partial charge in [0.2, 0.25) is 0 Å². The molecule has 1 saturated carbocycles. The minimum absolute atomic E-state index is 0.0793. The van der Waals surface area contributed by atoms with Gasteiger partial charge < -0.3 is 5.11 Å². The van der Waals surface area contributed by atoms with E-state index in [9.17, 15) is 9.90 Å². The first-order chi connectivity index (χ1) is 7.19. The summed E-state index contributed by atoms with van der Waals surface area (Å²) >= 11 is 0. The molecule has 1 aliphatic rings. The van der Waals surface area contributed by atoms with Crippen LogP contribution in [0, 0.1) is 11.8 Å². The largest absolute Gasteiger partial charge is 0.385 e. The number of aliphatic hydroxyl groups excluding tert-OH is 1. The van der Waals surface area contributed by atoms with Crippen molar-refractivity contribution in [3.63, 3.8) is 0 Å². The fourth-order valence-corrected chi connectivity index (χ4v) is 2.62. The van der Waals surface area contributed by atoms with Crippen LogP contribution in [0.2, 0.25) is 0 Å². The number of carbonyl (C=O) groups is 1. The second-order valence-electron chi connectivity index (χ2n) is 4.84. The second-order valence-corrected chi connectivity index (χ2v) is 4.84. The number of ketones is 1. The van der Waals surface area contributed by atoms with Crippen LogP contribution in [-0.4, -0.2) is 17.0 Å². The summed E-state index contributed by atoms with van der Waals surface area (Å²) in [5, 5.41) is 9.89. The number of rotatable bonds is 6. The Morgan fingerprint density at radius 1 is 1.27 bits per heavy atom. The highest BCUT2D eigenvalue weighted by Crippen LogP contribution is 2.29. The Kier molecular flexibility index (Phi) is 5.30. The van der Waals surface area contributed by atoms with E-state index in [2.05, 4.69) is 0 Å². The first-order valence-electron chi connectivity index (χ1n) is 6.39. The van der Waals surface area contributed by atoms with Crippen molar-refractivity contribution >= 4 is 5.78 Å². The molecular formula is C13H24O2. The molecule has 0 aromatic carbocycles. The maximum atomic E-state index is 11.8. The quantitative estimate of drug-likeness (QED) is 0.735. The van der Waals surface area contributed by atoms with Crippen molar-refractivity contribution in [2.75, 3.05) is 0 Å². The van der Waals surface area contributed by atoms with E-state index in [0.29, 0.717) is 12.3 Å². The van der Waals surface area contributed by atoms with Gasteiger partial charge in [0.15, 0.2) is 5.78 Å². The summed E-state index contributed by atoms with van der Waals surface area (Å²) < 4.78 is 0. The highest BCUT2D eigenvalue weighted by Gasteiger charge is 2.26. The van der Waals surface area contributed by atoms with Gasteiger partial charge in [-0.2, -0.15) is 0 Å². The molecule has 1 rings (SSSR count). The second kappa shape index (κ2) is 6.26. The predicted molar refractivity (Wildman–Crippen MR) is 61.7 cm³/mol. The lowest BCUT2D eigenvalue weighted by molar-refractivity contribution is -0.130. The average Bonchev–Trinajstić information content (AvgIpc) is 2.72. The fraction of sp³-hybridized carbons (Fsp3) is 0.923. The minimum atomic E-state index is -0.708. The Morgan fingerprint density at radius 3 is 2.27 bits per heavy atom. The van der Waals surface area contributed by atoms with Gasteiger partial charge in [-0.15, -0.1) is 0 Å². The molecule has 0 aromatic heterocycles. The third-order valence-electron chi connectivity index (χ3n) is 3.79. The molecule has 1 unspecified atom stereocenters. The summed E-state index contributed by atoms with van der Waals surface area (Å²) in [7, 11) is 0. The highest BCUT2D eigenvalue weighted by atomic mass is 16.3. The molecule has 0 saturated heterocycles. The molecule has 1 aliphatic carbocycles. The lowest BCUT2D eigenvalue weighted by Gasteiger charge is -2.20. The van der Waals surface area contributed by atoms with Crippen LogP contribution in [0.25, 0.3) is 0 Å². The predicted octanol–water partition coefficient (Wildman–Crippen LogP) is 2.93. The van der Waals surface area contributed by atoms with Crippen LogP contribution in [0.1, 0.15) is 58.8 Å². The standard InChI is InChI=1S/C13H24O2/c1-3-11(4-2)13(15)12(14)9-10-7-5-6-8-10/h10-11,13,15H,3-9H2,1-2H3. The van der Waals surface area contributed by atoms with Gasteiger partial charge >= 0.3 is 0 Å². The molecule has 0 spiro atoms. The van der Waals surface area contributed by atoms with Gasteiger partial charge in [-0.05, 0) is 11.8 Å². The molecule has 0 radical (unpaired) electrons. The van der Waals surface area contributed by atoms with Crippen LogP contribution >= 0.6 is 0 Å². The Balaban J connectivity index is 2.37. The van der Waals surface area contributed by atoms with Crippen molar-refractivity contribution < 1.29 is 9.90 Å². The molecule has 1 atom stereocenters. The lowest BCUT2D eigenvalue weighted by Crippen LogP contribution is -2.30. The molecule has 0 aliphatic heterocycles. The van der Waals surface area contributed by atoms with Crippen molar-refractivity contribution in [2.45, 2.75) is 64.9 Å². The minimum Gasteiger partial charge on any atom is -0.385 e. The van der Waals surface area contributed by atoms with Crippen LogP contribution in [0.3, 0.4) is 0 Å². The molecule has 2 nitrogen and oxygen atoms in total. The zero-order chi connectivity index (χ0) is 11.3. The zero-order valence-electron chi connectivity index (χ0n) is 10.0. The van der Waals surface area contributed by atoms with E-state index in [4.69, 9.17) is 0 Å². The van der Waals surface area contributed by atoms with Crippen molar-refractivity contribution in [3.05, 3.63) is 0 Å². The van der Waals surface area contributed by atoms with Gasteiger partial charge in [-0.25, -0.2) is 0 Å². The van der Waals surface area contributed by atoms with E-state index in [1.54, 1.807) is 0 Å². The van der Waals surface area contributed by atoms with Crippen LogP contribution < -0.4 is 0 Å². The molecule has 0 bridgehead atoms. The summed E-state index contributed by atoms with van der Waals surface area (Å²) in [5.41, 5.74) is 0. The van der Waals surface area contributed by atoms with Gasteiger partial charge in [-0.3, -0.25) is 4.79 Å². The first-order valence-corrected chi connectivity index (χ1v) is 6.39. The number of hydrogen-bond donors (Lipinski definition) is 1. The van der Waals surface area contributed by atoms with Gasteiger partial charge in [0, 0.05) is 6.42 Å². The summed E-state index contributed by atoms with van der Waals surface area (Å²) in [6, 6.07) is 0. The van der Waals surface area contributed by atoms with Crippen LogP contribution in [0.15, 0.2) is 0 Å². The monoisotopic (exact) mass is 212 g/mol. The first kappa shape index (κ1) is 12.7. The fourth-order valence-electron chi connectivity index (χ4n) is 2.62. The Hall–Kier alpha value is -0.370. The summed E-state index contributed by atoms with van der Waals surface area (Å²) in [6.07, 6.45) is 6.58. The molecule has 0 heterocycles. The van der Waals surface area contributed by atoms with E-state index in [-0.39, 0.29) is 11.7 Å². The van der Waals surface area contributed by atoms with Gasteiger partial charge in [-0.1, -0.05) is 52.4 Å². The van der Waals surface area contributed by atoms with E-state index in [1.807, 2.05) is 13.8 Å². The van der Waals surface area contributed by atoms with Crippen LogP contribution in [0.4, 0.5) is 0 Å². The van der Waals surface area contributed by atoms with Crippen molar-refractivity contribution in [1.29, 1.82) is 0 Å². The summed E-state index contributed by atoms with van der Waals surface area (Å²) in [4.78, 5) is 11.8. The Labute approximate surface area is 93.1 Å². The third kappa shape index (κ3) is 3.60. The third-order valence-corrected chi connectivity index (χ3v) is 3.79. The average molecular weight is 212 g/mol. The molecule has 15 heavy (non-hydrogen) atoms. The Morgan fingerprint density at radius 2 is 1.80 bits per heavy atom. The van der Waals surface area contributed by atoms with Gasteiger partial charge in [0.1, 0.15) is 6.10 Å². The SMILES string of the molecule is CCC(CC)C(O)C(=O)CC1CCCC1. The molecule has 0 aromatic rings. The molecular weight excluding hydrogens is 188 g/mol. The van der Waals surface area contributed by atoms with Crippen molar-refractivity contribution in [3.8, 4) is 0 Å². The molecule has 0 amide bonds. The smallest absolute Gasteiger partial charge is 0.161 e. The summed E-state index contributed by atoms with van der Waals surface area (Å²) in [5.74, 6) is 0.802. The topological polar surface area (TPSA) is 37.3 Å². The number of carbonyl (C=O) groups excluding carboxylic acids is 1. The lowest BCUT2D eigenvalue weighted by atomic mass is 9.89. The van der Waals surface area contributed by atoms with Crippen molar-refractivity contribution in [1.82, 2.24) is 0 Å². The van der Waals surface area contributed by atoms with E-state index in [0.717, 1.165) is 12.8 Å².